The van der Waals surface area contributed by atoms with E-state index in [-0.39, 0.29) is 10.5 Å². The van der Waals surface area contributed by atoms with E-state index < -0.39 is 28.5 Å². The Bertz CT molecular complexity index is 1310. The van der Waals surface area contributed by atoms with Crippen molar-refractivity contribution in [1.82, 2.24) is 0 Å². The van der Waals surface area contributed by atoms with Gasteiger partial charge in [0.05, 0.1) is 15.5 Å². The van der Waals surface area contributed by atoms with Crippen molar-refractivity contribution < 1.29 is 27.5 Å². The van der Waals surface area contributed by atoms with Crippen molar-refractivity contribution in [3.63, 3.8) is 0 Å². The lowest BCUT2D eigenvalue weighted by molar-refractivity contribution is -0.119. The number of carbonyl (C=O) groups excluding carboxylic acids is 2. The summed E-state index contributed by atoms with van der Waals surface area (Å²) < 4.78 is 34.2. The number of carbonyl (C=O) groups is 2. The Balaban J connectivity index is 1.59. The average molecular weight is 489 g/mol. The summed E-state index contributed by atoms with van der Waals surface area (Å²) >= 11 is 6.07. The van der Waals surface area contributed by atoms with Crippen molar-refractivity contribution in [3.05, 3.63) is 82.4 Å². The molecule has 1 amide bonds. The molecule has 0 aliphatic heterocycles. The van der Waals surface area contributed by atoms with Crippen molar-refractivity contribution in [1.29, 1.82) is 0 Å². The number of primary sulfonamides is 1. The van der Waals surface area contributed by atoms with Gasteiger partial charge in [-0.3, -0.25) is 4.79 Å². The summed E-state index contributed by atoms with van der Waals surface area (Å²) in [5, 5.41) is 8.27. The van der Waals surface area contributed by atoms with Gasteiger partial charge in [0.1, 0.15) is 11.5 Å². The molecule has 0 aliphatic rings. The fourth-order valence-corrected chi connectivity index (χ4v) is 3.97. The third kappa shape index (κ3) is 6.32. The number of rotatable bonds is 7. The van der Waals surface area contributed by atoms with Gasteiger partial charge in [0.25, 0.3) is 5.91 Å². The van der Waals surface area contributed by atoms with Gasteiger partial charge in [0.15, 0.2) is 6.61 Å². The van der Waals surface area contributed by atoms with Crippen molar-refractivity contribution in [2.24, 2.45) is 5.14 Å². The number of hydrogen-bond acceptors (Lipinski definition) is 6. The highest BCUT2D eigenvalue weighted by Crippen LogP contribution is 2.29. The predicted octanol–water partition coefficient (Wildman–Crippen LogP) is 4.19. The smallest absolute Gasteiger partial charge is 0.338 e. The van der Waals surface area contributed by atoms with Crippen LogP contribution in [0.2, 0.25) is 5.02 Å². The number of hydrogen-bond donors (Lipinski definition) is 2. The minimum atomic E-state index is -4.01. The molecule has 0 unspecified atom stereocenters. The van der Waals surface area contributed by atoms with Crippen LogP contribution < -0.4 is 15.2 Å². The number of halogens is 1. The molecule has 0 saturated heterocycles. The van der Waals surface area contributed by atoms with Crippen molar-refractivity contribution in [2.45, 2.75) is 18.7 Å². The molecule has 0 fully saturated rings. The van der Waals surface area contributed by atoms with Gasteiger partial charge in [0.2, 0.25) is 10.0 Å². The number of nitrogens with two attached hydrogens (primary N) is 1. The van der Waals surface area contributed by atoms with Crippen LogP contribution in [0.25, 0.3) is 0 Å². The van der Waals surface area contributed by atoms with Gasteiger partial charge >= 0.3 is 5.97 Å². The number of para-hydroxylation sites is 1. The highest BCUT2D eigenvalue weighted by atomic mass is 35.5. The van der Waals surface area contributed by atoms with E-state index in [2.05, 4.69) is 5.32 Å². The van der Waals surface area contributed by atoms with Crippen LogP contribution in [0.15, 0.2) is 65.6 Å². The van der Waals surface area contributed by atoms with E-state index in [0.717, 1.165) is 6.07 Å². The fraction of sp³-hybridized carbons (Fsp3) is 0.130. The molecule has 0 radical (unpaired) electrons. The summed E-state index contributed by atoms with van der Waals surface area (Å²) in [5.41, 5.74) is 1.44. The third-order valence-corrected chi connectivity index (χ3v) is 6.05. The first-order valence-electron chi connectivity index (χ1n) is 9.68. The molecule has 0 bridgehead atoms. The number of sulfonamides is 1. The SMILES string of the molecule is Cc1cc(C(=O)OCC(=O)Nc2ccc(Oc3ccccc3Cl)cc2)cc(S(N)(=O)=O)c1C. The Morgan fingerprint density at radius 1 is 1.03 bits per heavy atom. The van der Waals surface area contributed by atoms with E-state index in [1.807, 2.05) is 0 Å². The first-order valence-corrected chi connectivity index (χ1v) is 11.6. The number of anilines is 1. The van der Waals surface area contributed by atoms with E-state index in [0.29, 0.717) is 33.3 Å². The Morgan fingerprint density at radius 2 is 1.70 bits per heavy atom. The predicted molar refractivity (Wildman–Crippen MR) is 124 cm³/mol. The van der Waals surface area contributed by atoms with E-state index in [4.69, 9.17) is 26.2 Å². The molecule has 0 aliphatic carbocycles. The molecular formula is C23H21ClN2O6S. The van der Waals surface area contributed by atoms with Crippen LogP contribution in [0.4, 0.5) is 5.69 Å². The second-order valence-electron chi connectivity index (χ2n) is 7.14. The van der Waals surface area contributed by atoms with Crippen LogP contribution in [0.1, 0.15) is 21.5 Å². The molecule has 3 rings (SSSR count). The maximum atomic E-state index is 12.3. The van der Waals surface area contributed by atoms with Gasteiger partial charge in [-0.2, -0.15) is 0 Å². The molecule has 33 heavy (non-hydrogen) atoms. The van der Waals surface area contributed by atoms with Gasteiger partial charge in [-0.05, 0) is 73.5 Å². The number of benzene rings is 3. The molecule has 0 heterocycles. The van der Waals surface area contributed by atoms with Gasteiger partial charge in [0, 0.05) is 5.69 Å². The zero-order chi connectivity index (χ0) is 24.2. The molecule has 3 aromatic rings. The quantitative estimate of drug-likeness (QED) is 0.480. The molecule has 0 atom stereocenters. The molecule has 0 saturated carbocycles. The van der Waals surface area contributed by atoms with E-state index in [1.165, 1.54) is 6.07 Å². The molecule has 8 nitrogen and oxygen atoms in total. The number of amides is 1. The monoisotopic (exact) mass is 488 g/mol. The minimum Gasteiger partial charge on any atom is -0.456 e. The summed E-state index contributed by atoms with van der Waals surface area (Å²) in [6.45, 7) is 2.67. The topological polar surface area (TPSA) is 125 Å². The van der Waals surface area contributed by atoms with E-state index in [9.17, 15) is 18.0 Å². The lowest BCUT2D eigenvalue weighted by Gasteiger charge is -2.11. The minimum absolute atomic E-state index is 0.0176. The fourth-order valence-electron chi connectivity index (χ4n) is 2.91. The van der Waals surface area contributed by atoms with Gasteiger partial charge < -0.3 is 14.8 Å². The number of aryl methyl sites for hydroxylation is 1. The van der Waals surface area contributed by atoms with Crippen LogP contribution in [0.3, 0.4) is 0 Å². The van der Waals surface area contributed by atoms with E-state index in [1.54, 1.807) is 62.4 Å². The Kier molecular flexibility index (Phi) is 7.37. The molecule has 3 N–H and O–H groups in total. The van der Waals surface area contributed by atoms with Crippen LogP contribution in [-0.4, -0.2) is 26.9 Å². The third-order valence-electron chi connectivity index (χ3n) is 4.70. The summed E-state index contributed by atoms with van der Waals surface area (Å²) in [5.74, 6) is -0.395. The van der Waals surface area contributed by atoms with Crippen LogP contribution >= 0.6 is 11.6 Å². The summed E-state index contributed by atoms with van der Waals surface area (Å²) in [6.07, 6.45) is 0. The maximum absolute atomic E-state index is 12.3. The molecule has 3 aromatic carbocycles. The second-order valence-corrected chi connectivity index (χ2v) is 9.08. The second kappa shape index (κ2) is 10.0. The maximum Gasteiger partial charge on any atom is 0.338 e. The number of nitrogens with one attached hydrogen (secondary N) is 1. The normalized spacial score (nSPS) is 11.0. The summed E-state index contributed by atoms with van der Waals surface area (Å²) in [7, 11) is -4.01. The Labute approximate surface area is 196 Å². The first kappa shape index (κ1) is 24.2. The zero-order valence-corrected chi connectivity index (χ0v) is 19.4. The Morgan fingerprint density at radius 3 is 2.33 bits per heavy atom. The van der Waals surface area contributed by atoms with Gasteiger partial charge in [-0.15, -0.1) is 0 Å². The van der Waals surface area contributed by atoms with Crippen molar-refractivity contribution in [3.8, 4) is 11.5 Å². The number of esters is 1. The molecule has 172 valence electrons. The molecule has 10 heteroatoms. The summed E-state index contributed by atoms with van der Waals surface area (Å²) in [4.78, 5) is 24.3. The zero-order valence-electron chi connectivity index (χ0n) is 17.8. The standard InChI is InChI=1S/C23H21ClN2O6S/c1-14-11-16(12-21(15(14)2)33(25,29)30)23(28)31-13-22(27)26-17-7-9-18(10-8-17)32-20-6-4-3-5-19(20)24/h3-12H,13H2,1-2H3,(H,26,27)(H2,25,29,30). The molecule has 0 aromatic heterocycles. The van der Waals surface area contributed by atoms with Crippen LogP contribution in [0, 0.1) is 13.8 Å². The lowest BCUT2D eigenvalue weighted by Crippen LogP contribution is -2.21. The average Bonchev–Trinajstić information content (AvgIpc) is 2.76. The number of ether oxygens (including phenoxy) is 2. The van der Waals surface area contributed by atoms with Crippen LogP contribution in [-0.2, 0) is 19.6 Å². The largest absolute Gasteiger partial charge is 0.456 e. The van der Waals surface area contributed by atoms with E-state index >= 15 is 0 Å². The van der Waals surface area contributed by atoms with Crippen molar-refractivity contribution in [2.75, 3.05) is 11.9 Å². The van der Waals surface area contributed by atoms with Gasteiger partial charge in [-0.1, -0.05) is 23.7 Å². The Hall–Kier alpha value is -3.40. The highest BCUT2D eigenvalue weighted by Gasteiger charge is 2.19. The van der Waals surface area contributed by atoms with Crippen LogP contribution in [0.5, 0.6) is 11.5 Å². The van der Waals surface area contributed by atoms with Crippen molar-refractivity contribution >= 4 is 39.2 Å². The van der Waals surface area contributed by atoms with Gasteiger partial charge in [-0.25, -0.2) is 18.4 Å². The highest BCUT2D eigenvalue weighted by molar-refractivity contribution is 7.89. The summed E-state index contributed by atoms with van der Waals surface area (Å²) in [6, 6.07) is 16.2. The molecular weight excluding hydrogens is 468 g/mol. The molecule has 0 spiro atoms. The first-order chi connectivity index (χ1) is 15.5. The lowest BCUT2D eigenvalue weighted by atomic mass is 10.1.